The van der Waals surface area contributed by atoms with Crippen LogP contribution in [0.25, 0.3) is 0 Å². The van der Waals surface area contributed by atoms with E-state index in [1.54, 1.807) is 32.4 Å². The molecule has 1 unspecified atom stereocenters. The van der Waals surface area contributed by atoms with Crippen molar-refractivity contribution in [1.29, 1.82) is 0 Å². The molecule has 1 aromatic rings. The second-order valence-electron chi connectivity index (χ2n) is 3.90. The molecule has 0 heterocycles. The quantitative estimate of drug-likeness (QED) is 0.792. The number of hydrogen-bond donors (Lipinski definition) is 1. The highest BCUT2D eigenvalue weighted by Gasteiger charge is 2.20. The maximum atomic E-state index is 12.2. The molecule has 18 heavy (non-hydrogen) atoms. The predicted octanol–water partition coefficient (Wildman–Crippen LogP) is 0.703. The van der Waals surface area contributed by atoms with Crippen molar-refractivity contribution in [3.63, 3.8) is 0 Å². The zero-order valence-electron chi connectivity index (χ0n) is 10.8. The molecule has 0 bridgehead atoms. The Labute approximate surface area is 108 Å². The minimum Gasteiger partial charge on any atom is -0.497 e. The van der Waals surface area contributed by atoms with Crippen LogP contribution >= 0.6 is 0 Å². The van der Waals surface area contributed by atoms with Gasteiger partial charge in [0.05, 0.1) is 24.4 Å². The molecule has 0 aliphatic heterocycles. The summed E-state index contributed by atoms with van der Waals surface area (Å²) in [6, 6.07) is 6.23. The molecule has 1 aromatic carbocycles. The minimum atomic E-state index is -3.35. The second kappa shape index (κ2) is 6.72. The van der Waals surface area contributed by atoms with E-state index >= 15 is 0 Å². The first-order valence-corrected chi connectivity index (χ1v) is 7.21. The number of benzene rings is 1. The standard InChI is InChI=1S/C12H19NO4S/c1-13-10(8-16-2)9-18(14,15)12-6-4-5-11(7-12)17-3/h4-7,10,13H,8-9H2,1-3H3. The molecule has 0 spiro atoms. The predicted molar refractivity (Wildman–Crippen MR) is 69.8 cm³/mol. The van der Waals surface area contributed by atoms with Gasteiger partial charge in [-0.25, -0.2) is 8.42 Å². The fourth-order valence-electron chi connectivity index (χ4n) is 1.57. The van der Waals surface area contributed by atoms with Gasteiger partial charge in [0.25, 0.3) is 0 Å². The van der Waals surface area contributed by atoms with Gasteiger partial charge in [-0.05, 0) is 25.2 Å². The van der Waals surface area contributed by atoms with Gasteiger partial charge in [0.2, 0.25) is 0 Å². The zero-order valence-corrected chi connectivity index (χ0v) is 11.7. The summed E-state index contributed by atoms with van der Waals surface area (Å²) in [7, 11) is 1.42. The molecule has 0 aliphatic rings. The molecule has 0 fully saturated rings. The molecule has 0 saturated carbocycles. The average molecular weight is 273 g/mol. The molecule has 6 heteroatoms. The van der Waals surface area contributed by atoms with Crippen LogP contribution in [0, 0.1) is 0 Å². The SMILES string of the molecule is CNC(COC)CS(=O)(=O)c1cccc(OC)c1. The first-order chi connectivity index (χ1) is 8.53. The Kier molecular flexibility index (Phi) is 5.58. The molecule has 0 aromatic heterocycles. The molecular formula is C12H19NO4S. The Morgan fingerprint density at radius 3 is 2.61 bits per heavy atom. The van der Waals surface area contributed by atoms with Crippen molar-refractivity contribution in [2.75, 3.05) is 33.6 Å². The van der Waals surface area contributed by atoms with E-state index in [9.17, 15) is 8.42 Å². The third kappa shape index (κ3) is 3.97. The molecule has 0 radical (unpaired) electrons. The van der Waals surface area contributed by atoms with Crippen LogP contribution in [0.2, 0.25) is 0 Å². The van der Waals surface area contributed by atoms with Crippen molar-refractivity contribution in [3.8, 4) is 5.75 Å². The zero-order chi connectivity index (χ0) is 13.6. The topological polar surface area (TPSA) is 64.6 Å². The maximum Gasteiger partial charge on any atom is 0.180 e. The smallest absolute Gasteiger partial charge is 0.180 e. The normalized spacial score (nSPS) is 13.3. The lowest BCUT2D eigenvalue weighted by Gasteiger charge is -2.15. The summed E-state index contributed by atoms with van der Waals surface area (Å²) >= 11 is 0. The summed E-state index contributed by atoms with van der Waals surface area (Å²) in [5.41, 5.74) is 0. The van der Waals surface area contributed by atoms with Crippen LogP contribution in [0.15, 0.2) is 29.2 Å². The lowest BCUT2D eigenvalue weighted by atomic mass is 10.3. The monoisotopic (exact) mass is 273 g/mol. The Morgan fingerprint density at radius 2 is 2.06 bits per heavy atom. The van der Waals surface area contributed by atoms with E-state index in [1.807, 2.05) is 0 Å². The summed E-state index contributed by atoms with van der Waals surface area (Å²) in [5, 5.41) is 2.92. The molecule has 0 amide bonds. The largest absolute Gasteiger partial charge is 0.497 e. The third-order valence-electron chi connectivity index (χ3n) is 2.60. The van der Waals surface area contributed by atoms with Crippen molar-refractivity contribution in [1.82, 2.24) is 5.32 Å². The van der Waals surface area contributed by atoms with Crippen molar-refractivity contribution < 1.29 is 17.9 Å². The highest BCUT2D eigenvalue weighted by Crippen LogP contribution is 2.18. The van der Waals surface area contributed by atoms with Crippen LogP contribution in [-0.4, -0.2) is 48.1 Å². The third-order valence-corrected chi connectivity index (χ3v) is 4.41. The van der Waals surface area contributed by atoms with E-state index < -0.39 is 9.84 Å². The van der Waals surface area contributed by atoms with Gasteiger partial charge in [-0.2, -0.15) is 0 Å². The van der Waals surface area contributed by atoms with Crippen LogP contribution in [0.3, 0.4) is 0 Å². The van der Waals surface area contributed by atoms with Gasteiger partial charge in [0, 0.05) is 13.2 Å². The van der Waals surface area contributed by atoms with E-state index in [0.29, 0.717) is 12.4 Å². The summed E-state index contributed by atoms with van der Waals surface area (Å²) in [5.74, 6) is 0.522. The highest BCUT2D eigenvalue weighted by molar-refractivity contribution is 7.91. The van der Waals surface area contributed by atoms with Crippen LogP contribution < -0.4 is 10.1 Å². The fourth-order valence-corrected chi connectivity index (χ4v) is 3.14. The Hall–Kier alpha value is -1.11. The van der Waals surface area contributed by atoms with E-state index in [4.69, 9.17) is 9.47 Å². The molecule has 1 rings (SSSR count). The van der Waals surface area contributed by atoms with E-state index in [2.05, 4.69) is 5.32 Å². The second-order valence-corrected chi connectivity index (χ2v) is 5.94. The van der Waals surface area contributed by atoms with Gasteiger partial charge in [-0.3, -0.25) is 0 Å². The highest BCUT2D eigenvalue weighted by atomic mass is 32.2. The number of hydrogen-bond acceptors (Lipinski definition) is 5. The van der Waals surface area contributed by atoms with E-state index in [1.165, 1.54) is 13.2 Å². The summed E-state index contributed by atoms with van der Waals surface area (Å²) in [6.07, 6.45) is 0. The minimum absolute atomic E-state index is 0.00942. The van der Waals surface area contributed by atoms with Gasteiger partial charge in [-0.1, -0.05) is 6.07 Å². The summed E-state index contributed by atoms with van der Waals surface area (Å²) in [6.45, 7) is 0.347. The van der Waals surface area contributed by atoms with Gasteiger partial charge >= 0.3 is 0 Å². The van der Waals surface area contributed by atoms with E-state index in [-0.39, 0.29) is 16.7 Å². The summed E-state index contributed by atoms with van der Waals surface area (Å²) in [4.78, 5) is 0.262. The first-order valence-electron chi connectivity index (χ1n) is 5.56. The van der Waals surface area contributed by atoms with Crippen LogP contribution in [0.1, 0.15) is 0 Å². The molecule has 0 saturated heterocycles. The molecule has 102 valence electrons. The fraction of sp³-hybridized carbons (Fsp3) is 0.500. The van der Waals surface area contributed by atoms with Gasteiger partial charge in [-0.15, -0.1) is 0 Å². The molecule has 5 nitrogen and oxygen atoms in total. The van der Waals surface area contributed by atoms with Crippen LogP contribution in [0.5, 0.6) is 5.75 Å². The number of methoxy groups -OCH3 is 2. The molecule has 1 N–H and O–H groups in total. The number of rotatable bonds is 7. The number of sulfone groups is 1. The van der Waals surface area contributed by atoms with Crippen molar-refractivity contribution in [2.45, 2.75) is 10.9 Å². The number of likely N-dealkylation sites (N-methyl/N-ethyl adjacent to an activating group) is 1. The Morgan fingerprint density at radius 1 is 1.33 bits per heavy atom. The first kappa shape index (κ1) is 14.9. The van der Waals surface area contributed by atoms with Crippen LogP contribution in [0.4, 0.5) is 0 Å². The van der Waals surface area contributed by atoms with Gasteiger partial charge < -0.3 is 14.8 Å². The lowest BCUT2D eigenvalue weighted by Crippen LogP contribution is -2.36. The number of ether oxygens (including phenoxy) is 2. The summed E-state index contributed by atoms with van der Waals surface area (Å²) < 4.78 is 34.4. The van der Waals surface area contributed by atoms with Crippen molar-refractivity contribution >= 4 is 9.84 Å². The van der Waals surface area contributed by atoms with Crippen molar-refractivity contribution in [3.05, 3.63) is 24.3 Å². The van der Waals surface area contributed by atoms with E-state index in [0.717, 1.165) is 0 Å². The molecule has 0 aliphatic carbocycles. The molecule has 1 atom stereocenters. The average Bonchev–Trinajstić information content (AvgIpc) is 2.38. The number of nitrogens with one attached hydrogen (secondary N) is 1. The van der Waals surface area contributed by atoms with Crippen molar-refractivity contribution in [2.24, 2.45) is 0 Å². The Balaban J connectivity index is 2.91. The van der Waals surface area contributed by atoms with Crippen LogP contribution in [-0.2, 0) is 14.6 Å². The lowest BCUT2D eigenvalue weighted by molar-refractivity contribution is 0.176. The molecular weight excluding hydrogens is 254 g/mol. The Bertz CT molecular complexity index is 473. The van der Waals surface area contributed by atoms with Gasteiger partial charge in [0.15, 0.2) is 9.84 Å². The maximum absolute atomic E-state index is 12.2. The van der Waals surface area contributed by atoms with Gasteiger partial charge in [0.1, 0.15) is 5.75 Å².